The lowest BCUT2D eigenvalue weighted by Gasteiger charge is -2.03. The van der Waals surface area contributed by atoms with Gasteiger partial charge in [-0.1, -0.05) is 24.3 Å². The average molecular weight is 303 g/mol. The molecule has 0 bridgehead atoms. The summed E-state index contributed by atoms with van der Waals surface area (Å²) in [6, 6.07) is 12.7. The smallest absolute Gasteiger partial charge is 0.0480 e. The van der Waals surface area contributed by atoms with Crippen molar-refractivity contribution in [1.82, 2.24) is 0 Å². The third-order valence-corrected chi connectivity index (χ3v) is 3.04. The maximum absolute atomic E-state index is 5.86. The highest BCUT2D eigenvalue weighted by molar-refractivity contribution is 14.1. The molecule has 0 spiro atoms. The maximum atomic E-state index is 5.86. The Hall–Kier alpha value is -0.280. The Kier molecular flexibility index (Phi) is 2.74. The Balaban J connectivity index is 2.79. The van der Waals surface area contributed by atoms with E-state index in [-0.39, 0.29) is 0 Å². The van der Waals surface area contributed by atoms with Crippen molar-refractivity contribution < 1.29 is 0 Å². The van der Waals surface area contributed by atoms with Crippen LogP contribution in [0.5, 0.6) is 0 Å². The number of halogens is 2. The van der Waals surface area contributed by atoms with Gasteiger partial charge in [-0.3, -0.25) is 0 Å². The zero-order valence-electron chi connectivity index (χ0n) is 6.93. The van der Waals surface area contributed by atoms with Gasteiger partial charge < -0.3 is 0 Å². The van der Waals surface area contributed by atoms with Crippen molar-refractivity contribution in [2.24, 2.45) is 0 Å². The molecule has 0 saturated heterocycles. The minimum atomic E-state index is 0.581. The van der Waals surface area contributed by atoms with Gasteiger partial charge in [-0.15, -0.1) is 11.6 Å². The monoisotopic (exact) mass is 302 g/mol. The first kappa shape index (κ1) is 9.28. The molecule has 2 aromatic carbocycles. The summed E-state index contributed by atoms with van der Waals surface area (Å²) in [5, 5.41) is 2.53. The molecule has 0 heterocycles. The van der Waals surface area contributed by atoms with Gasteiger partial charge in [-0.25, -0.2) is 0 Å². The van der Waals surface area contributed by atoms with E-state index < -0.39 is 0 Å². The molecule has 0 atom stereocenters. The molecule has 2 heteroatoms. The zero-order chi connectivity index (χ0) is 9.26. The fourth-order valence-electron chi connectivity index (χ4n) is 1.43. The van der Waals surface area contributed by atoms with Crippen molar-refractivity contribution in [2.45, 2.75) is 5.88 Å². The van der Waals surface area contributed by atoms with Gasteiger partial charge in [0, 0.05) is 9.45 Å². The fourth-order valence-corrected chi connectivity index (χ4v) is 2.15. The minimum absolute atomic E-state index is 0.581. The van der Waals surface area contributed by atoms with Gasteiger partial charge in [-0.05, 0) is 51.1 Å². The van der Waals surface area contributed by atoms with Crippen LogP contribution in [0.2, 0.25) is 0 Å². The summed E-state index contributed by atoms with van der Waals surface area (Å²) in [5.41, 5.74) is 1.21. The molecule has 0 aliphatic heterocycles. The van der Waals surface area contributed by atoms with E-state index in [1.807, 2.05) is 6.07 Å². The summed E-state index contributed by atoms with van der Waals surface area (Å²) in [4.78, 5) is 0. The summed E-state index contributed by atoms with van der Waals surface area (Å²) in [7, 11) is 0. The van der Waals surface area contributed by atoms with E-state index in [2.05, 4.69) is 52.9 Å². The van der Waals surface area contributed by atoms with E-state index in [9.17, 15) is 0 Å². The zero-order valence-corrected chi connectivity index (χ0v) is 9.84. The molecule has 2 aromatic rings. The molecule has 0 unspecified atom stereocenters. The van der Waals surface area contributed by atoms with Crippen LogP contribution in [0.15, 0.2) is 36.4 Å². The quantitative estimate of drug-likeness (QED) is 0.547. The Morgan fingerprint density at radius 3 is 2.77 bits per heavy atom. The molecule has 0 saturated carbocycles. The molecule has 0 aliphatic carbocycles. The van der Waals surface area contributed by atoms with Crippen LogP contribution in [0, 0.1) is 3.57 Å². The maximum Gasteiger partial charge on any atom is 0.0480 e. The first-order valence-corrected chi connectivity index (χ1v) is 5.66. The summed E-state index contributed by atoms with van der Waals surface area (Å²) < 4.78 is 1.25. The summed E-state index contributed by atoms with van der Waals surface area (Å²) in [6.07, 6.45) is 0. The van der Waals surface area contributed by atoms with Gasteiger partial charge in [0.05, 0.1) is 0 Å². The Morgan fingerprint density at radius 1 is 1.15 bits per heavy atom. The molecular weight excluding hydrogens is 294 g/mol. The number of hydrogen-bond acceptors (Lipinski definition) is 0. The van der Waals surface area contributed by atoms with Crippen molar-refractivity contribution in [2.75, 3.05) is 0 Å². The molecule has 0 N–H and O–H groups in total. The first-order chi connectivity index (χ1) is 6.31. The van der Waals surface area contributed by atoms with E-state index in [4.69, 9.17) is 11.6 Å². The normalized spacial score (nSPS) is 10.6. The topological polar surface area (TPSA) is 0 Å². The number of fused-ring (bicyclic) bond motifs is 1. The average Bonchev–Trinajstić information content (AvgIpc) is 2.17. The molecule has 66 valence electrons. The Morgan fingerprint density at radius 2 is 2.00 bits per heavy atom. The van der Waals surface area contributed by atoms with Crippen molar-refractivity contribution >= 4 is 45.0 Å². The highest BCUT2D eigenvalue weighted by Crippen LogP contribution is 2.22. The molecule has 2 rings (SSSR count). The van der Waals surface area contributed by atoms with E-state index >= 15 is 0 Å². The van der Waals surface area contributed by atoms with E-state index in [1.54, 1.807) is 0 Å². The van der Waals surface area contributed by atoms with Gasteiger partial charge in [0.1, 0.15) is 0 Å². The lowest BCUT2D eigenvalue weighted by Crippen LogP contribution is -1.82. The predicted molar refractivity (Wildman–Crippen MR) is 66.2 cm³/mol. The van der Waals surface area contributed by atoms with Crippen LogP contribution >= 0.6 is 34.2 Å². The summed E-state index contributed by atoms with van der Waals surface area (Å²) in [6.45, 7) is 0. The first-order valence-electron chi connectivity index (χ1n) is 4.04. The largest absolute Gasteiger partial charge is 0.122 e. The predicted octanol–water partition coefficient (Wildman–Crippen LogP) is 4.18. The van der Waals surface area contributed by atoms with Crippen LogP contribution in [-0.2, 0) is 5.88 Å². The van der Waals surface area contributed by atoms with Crippen molar-refractivity contribution in [3.8, 4) is 0 Å². The van der Waals surface area contributed by atoms with Crippen LogP contribution in [0.3, 0.4) is 0 Å². The van der Waals surface area contributed by atoms with Crippen LogP contribution in [0.1, 0.15) is 5.56 Å². The van der Waals surface area contributed by atoms with Crippen LogP contribution in [-0.4, -0.2) is 0 Å². The van der Waals surface area contributed by atoms with E-state index in [0.29, 0.717) is 5.88 Å². The third kappa shape index (κ3) is 1.81. The molecular formula is C11H8ClI. The lowest BCUT2D eigenvalue weighted by molar-refractivity contribution is 1.45. The van der Waals surface area contributed by atoms with Gasteiger partial charge in [-0.2, -0.15) is 0 Å². The van der Waals surface area contributed by atoms with Crippen LogP contribution in [0.25, 0.3) is 10.8 Å². The molecule has 0 fully saturated rings. The highest BCUT2D eigenvalue weighted by Gasteiger charge is 1.99. The van der Waals surface area contributed by atoms with Crippen LogP contribution in [0.4, 0.5) is 0 Å². The van der Waals surface area contributed by atoms with Gasteiger partial charge >= 0.3 is 0 Å². The number of hydrogen-bond donors (Lipinski definition) is 0. The molecule has 13 heavy (non-hydrogen) atoms. The molecule has 0 amide bonds. The molecule has 0 aromatic heterocycles. The van der Waals surface area contributed by atoms with Gasteiger partial charge in [0.15, 0.2) is 0 Å². The minimum Gasteiger partial charge on any atom is -0.122 e. The number of alkyl halides is 1. The van der Waals surface area contributed by atoms with Gasteiger partial charge in [0.2, 0.25) is 0 Å². The second-order valence-corrected chi connectivity index (χ2v) is 4.43. The molecule has 0 radical (unpaired) electrons. The summed E-state index contributed by atoms with van der Waals surface area (Å²) >= 11 is 8.17. The van der Waals surface area contributed by atoms with Crippen molar-refractivity contribution in [3.63, 3.8) is 0 Å². The molecule has 0 nitrogen and oxygen atoms in total. The number of benzene rings is 2. The Bertz CT molecular complexity index is 437. The number of rotatable bonds is 1. The van der Waals surface area contributed by atoms with E-state index in [0.717, 1.165) is 0 Å². The fraction of sp³-hybridized carbons (Fsp3) is 0.0909. The third-order valence-electron chi connectivity index (χ3n) is 2.08. The van der Waals surface area contributed by atoms with Crippen molar-refractivity contribution in [3.05, 3.63) is 45.5 Å². The van der Waals surface area contributed by atoms with Gasteiger partial charge in [0.25, 0.3) is 0 Å². The van der Waals surface area contributed by atoms with Crippen molar-refractivity contribution in [1.29, 1.82) is 0 Å². The standard InChI is InChI=1S/C11H8ClI/c12-7-9-3-1-2-8-4-5-10(13)6-11(8)9/h1-6H,7H2. The SMILES string of the molecule is ClCc1cccc2ccc(I)cc12. The lowest BCUT2D eigenvalue weighted by atomic mass is 10.1. The Labute approximate surface area is 96.0 Å². The highest BCUT2D eigenvalue weighted by atomic mass is 127. The van der Waals surface area contributed by atoms with Crippen LogP contribution < -0.4 is 0 Å². The van der Waals surface area contributed by atoms with E-state index in [1.165, 1.54) is 19.9 Å². The summed E-state index contributed by atoms with van der Waals surface area (Å²) in [5.74, 6) is 0.581. The second kappa shape index (κ2) is 3.84. The second-order valence-electron chi connectivity index (χ2n) is 2.92. The molecule has 0 aliphatic rings.